The van der Waals surface area contributed by atoms with Crippen molar-refractivity contribution in [2.24, 2.45) is 5.92 Å². The molecule has 0 unspecified atom stereocenters. The first kappa shape index (κ1) is 8.88. The summed E-state index contributed by atoms with van der Waals surface area (Å²) in [6.45, 7) is 1.97. The second-order valence-corrected chi connectivity index (χ2v) is 4.69. The van der Waals surface area contributed by atoms with E-state index >= 15 is 0 Å². The molecule has 0 N–H and O–H groups in total. The number of rotatable bonds is 3. The van der Waals surface area contributed by atoms with Gasteiger partial charge in [-0.1, -0.05) is 6.42 Å². The lowest BCUT2D eigenvalue weighted by Gasteiger charge is -2.23. The molecule has 1 aromatic heterocycles. The average Bonchev–Trinajstić information content (AvgIpc) is 2.31. The summed E-state index contributed by atoms with van der Waals surface area (Å²) in [5.41, 5.74) is 0.958. The first-order valence-corrected chi connectivity index (χ1v) is 5.57. The van der Waals surface area contributed by atoms with Crippen molar-refractivity contribution in [3.8, 4) is 0 Å². The number of carbonyl (C=O) groups excluding carboxylic acids is 1. The fourth-order valence-electron chi connectivity index (χ4n) is 1.54. The molecule has 2 nitrogen and oxygen atoms in total. The van der Waals surface area contributed by atoms with E-state index in [0.29, 0.717) is 18.1 Å². The van der Waals surface area contributed by atoms with E-state index in [2.05, 4.69) is 4.98 Å². The molecule has 1 heterocycles. The maximum atomic E-state index is 11.6. The minimum atomic E-state index is 0.349. The normalized spacial score (nSPS) is 17.0. The summed E-state index contributed by atoms with van der Waals surface area (Å²) in [7, 11) is 0. The molecule has 0 bridgehead atoms. The molecule has 70 valence electrons. The molecule has 3 heteroatoms. The lowest BCUT2D eigenvalue weighted by Crippen LogP contribution is -2.23. The Morgan fingerprint density at radius 1 is 1.69 bits per heavy atom. The van der Waals surface area contributed by atoms with Gasteiger partial charge in [0.2, 0.25) is 0 Å². The van der Waals surface area contributed by atoms with Crippen LogP contribution < -0.4 is 0 Å². The Morgan fingerprint density at radius 2 is 2.46 bits per heavy atom. The van der Waals surface area contributed by atoms with Crippen LogP contribution in [0.5, 0.6) is 0 Å². The van der Waals surface area contributed by atoms with Crippen molar-refractivity contribution in [1.29, 1.82) is 0 Å². The lowest BCUT2D eigenvalue weighted by molar-refractivity contribution is -0.124. The van der Waals surface area contributed by atoms with E-state index in [9.17, 15) is 4.79 Å². The molecule has 1 aromatic rings. The Kier molecular flexibility index (Phi) is 2.44. The van der Waals surface area contributed by atoms with Crippen LogP contribution in [0.1, 0.15) is 30.0 Å². The molecule has 2 rings (SSSR count). The van der Waals surface area contributed by atoms with Gasteiger partial charge in [0.05, 0.1) is 10.7 Å². The van der Waals surface area contributed by atoms with Gasteiger partial charge in [0.25, 0.3) is 0 Å². The molecule has 13 heavy (non-hydrogen) atoms. The second-order valence-electron chi connectivity index (χ2n) is 3.63. The maximum Gasteiger partial charge on any atom is 0.141 e. The molecule has 1 aliphatic rings. The van der Waals surface area contributed by atoms with E-state index in [-0.39, 0.29) is 0 Å². The SMILES string of the molecule is Cc1nc(CC(=O)C2CCC2)cs1. The van der Waals surface area contributed by atoms with Crippen molar-refractivity contribution < 1.29 is 4.79 Å². The number of thiazole rings is 1. The number of ketones is 1. The predicted molar refractivity (Wildman–Crippen MR) is 52.9 cm³/mol. The summed E-state index contributed by atoms with van der Waals surface area (Å²) in [6.07, 6.45) is 3.98. The summed E-state index contributed by atoms with van der Waals surface area (Å²) >= 11 is 1.62. The topological polar surface area (TPSA) is 30.0 Å². The highest BCUT2D eigenvalue weighted by atomic mass is 32.1. The Morgan fingerprint density at radius 3 is 2.92 bits per heavy atom. The van der Waals surface area contributed by atoms with Crippen molar-refractivity contribution in [1.82, 2.24) is 4.98 Å². The minimum absolute atomic E-state index is 0.349. The van der Waals surface area contributed by atoms with Gasteiger partial charge in [-0.2, -0.15) is 0 Å². The number of carbonyl (C=O) groups is 1. The predicted octanol–water partition coefficient (Wildman–Crippen LogP) is 2.36. The maximum absolute atomic E-state index is 11.6. The number of aromatic nitrogens is 1. The molecular weight excluding hydrogens is 182 g/mol. The zero-order valence-electron chi connectivity index (χ0n) is 7.75. The van der Waals surface area contributed by atoms with E-state index in [1.807, 2.05) is 12.3 Å². The average molecular weight is 195 g/mol. The van der Waals surface area contributed by atoms with Crippen LogP contribution in [0.2, 0.25) is 0 Å². The van der Waals surface area contributed by atoms with Crippen LogP contribution in [0.15, 0.2) is 5.38 Å². The smallest absolute Gasteiger partial charge is 0.141 e. The van der Waals surface area contributed by atoms with E-state index in [4.69, 9.17) is 0 Å². The Bertz CT molecular complexity index is 314. The van der Waals surface area contributed by atoms with Crippen molar-refractivity contribution in [2.75, 3.05) is 0 Å². The van der Waals surface area contributed by atoms with Gasteiger partial charge < -0.3 is 0 Å². The number of aryl methyl sites for hydroxylation is 1. The molecular formula is C10H13NOS. The Balaban J connectivity index is 1.93. The van der Waals surface area contributed by atoms with Gasteiger partial charge in [0.1, 0.15) is 5.78 Å². The van der Waals surface area contributed by atoms with E-state index < -0.39 is 0 Å². The molecule has 0 atom stereocenters. The van der Waals surface area contributed by atoms with Gasteiger partial charge in [0, 0.05) is 17.7 Å². The van der Waals surface area contributed by atoms with Gasteiger partial charge in [-0.3, -0.25) is 4.79 Å². The monoisotopic (exact) mass is 195 g/mol. The largest absolute Gasteiger partial charge is 0.299 e. The molecule has 0 spiro atoms. The number of hydrogen-bond donors (Lipinski definition) is 0. The first-order chi connectivity index (χ1) is 6.25. The molecule has 1 aliphatic carbocycles. The second kappa shape index (κ2) is 3.58. The number of Topliss-reactive ketones (excluding diaryl/α,β-unsaturated/α-hetero) is 1. The van der Waals surface area contributed by atoms with Crippen molar-refractivity contribution in [3.63, 3.8) is 0 Å². The van der Waals surface area contributed by atoms with Crippen molar-refractivity contribution in [3.05, 3.63) is 16.1 Å². The summed E-state index contributed by atoms with van der Waals surface area (Å²) < 4.78 is 0. The van der Waals surface area contributed by atoms with Gasteiger partial charge in [-0.05, 0) is 19.8 Å². The molecule has 1 fully saturated rings. The third kappa shape index (κ3) is 1.97. The zero-order valence-corrected chi connectivity index (χ0v) is 8.56. The fourth-order valence-corrected chi connectivity index (χ4v) is 2.16. The van der Waals surface area contributed by atoms with Crippen LogP contribution in [-0.4, -0.2) is 10.8 Å². The third-order valence-corrected chi connectivity index (χ3v) is 3.40. The standard InChI is InChI=1S/C10H13NOS/c1-7-11-9(6-13-7)5-10(12)8-3-2-4-8/h6,8H,2-5H2,1H3. The first-order valence-electron chi connectivity index (χ1n) is 4.69. The van der Waals surface area contributed by atoms with Crippen LogP contribution in [0.25, 0.3) is 0 Å². The number of nitrogens with zero attached hydrogens (tertiary/aromatic N) is 1. The molecule has 0 amide bonds. The Labute approximate surface area is 82.0 Å². The zero-order chi connectivity index (χ0) is 9.26. The fraction of sp³-hybridized carbons (Fsp3) is 0.600. The van der Waals surface area contributed by atoms with Crippen LogP contribution in [-0.2, 0) is 11.2 Å². The highest BCUT2D eigenvalue weighted by Crippen LogP contribution is 2.28. The lowest BCUT2D eigenvalue weighted by atomic mass is 9.81. The van der Waals surface area contributed by atoms with Crippen molar-refractivity contribution in [2.45, 2.75) is 32.6 Å². The van der Waals surface area contributed by atoms with Crippen LogP contribution in [0.3, 0.4) is 0 Å². The van der Waals surface area contributed by atoms with Crippen molar-refractivity contribution >= 4 is 17.1 Å². The molecule has 0 saturated heterocycles. The Hall–Kier alpha value is -0.700. The summed E-state index contributed by atoms with van der Waals surface area (Å²) in [5.74, 6) is 0.735. The number of hydrogen-bond acceptors (Lipinski definition) is 3. The highest BCUT2D eigenvalue weighted by Gasteiger charge is 2.25. The summed E-state index contributed by atoms with van der Waals surface area (Å²) in [6, 6.07) is 0. The van der Waals surface area contributed by atoms with Crippen LogP contribution in [0, 0.1) is 12.8 Å². The van der Waals surface area contributed by atoms with Crippen LogP contribution in [0.4, 0.5) is 0 Å². The van der Waals surface area contributed by atoms with Crippen LogP contribution >= 0.6 is 11.3 Å². The van der Waals surface area contributed by atoms with E-state index in [1.54, 1.807) is 11.3 Å². The van der Waals surface area contributed by atoms with Gasteiger partial charge in [-0.25, -0.2) is 4.98 Å². The van der Waals surface area contributed by atoms with E-state index in [1.165, 1.54) is 6.42 Å². The van der Waals surface area contributed by atoms with E-state index in [0.717, 1.165) is 23.5 Å². The molecule has 0 radical (unpaired) electrons. The molecule has 0 aliphatic heterocycles. The quantitative estimate of drug-likeness (QED) is 0.741. The highest BCUT2D eigenvalue weighted by molar-refractivity contribution is 7.09. The summed E-state index contributed by atoms with van der Waals surface area (Å²) in [5, 5.41) is 3.04. The molecule has 0 aromatic carbocycles. The minimum Gasteiger partial charge on any atom is -0.299 e. The third-order valence-electron chi connectivity index (χ3n) is 2.58. The van der Waals surface area contributed by atoms with Gasteiger partial charge in [0.15, 0.2) is 0 Å². The molecule has 1 saturated carbocycles. The van der Waals surface area contributed by atoms with Gasteiger partial charge in [-0.15, -0.1) is 11.3 Å². The summed E-state index contributed by atoms with van der Waals surface area (Å²) in [4.78, 5) is 15.9. The van der Waals surface area contributed by atoms with Gasteiger partial charge >= 0.3 is 0 Å².